The Bertz CT molecular complexity index is 830. The highest BCUT2D eigenvalue weighted by molar-refractivity contribution is 5.82. The van der Waals surface area contributed by atoms with Crippen molar-refractivity contribution in [3.05, 3.63) is 71.8 Å². The predicted octanol–water partition coefficient (Wildman–Crippen LogP) is 1.76. The van der Waals surface area contributed by atoms with Crippen LogP contribution < -0.4 is 5.73 Å². The van der Waals surface area contributed by atoms with E-state index in [-0.39, 0.29) is 6.61 Å². The van der Waals surface area contributed by atoms with Gasteiger partial charge in [-0.1, -0.05) is 60.7 Å². The van der Waals surface area contributed by atoms with E-state index in [9.17, 15) is 15.0 Å². The topological polar surface area (TPSA) is 105 Å². The second-order valence-electron chi connectivity index (χ2n) is 8.04. The van der Waals surface area contributed by atoms with Crippen molar-refractivity contribution in [3.8, 4) is 0 Å². The summed E-state index contributed by atoms with van der Waals surface area (Å²) in [6.45, 7) is 3.62. The number of carbonyl (C=O) groups excluding carboxylic acids is 1. The number of aliphatic hydroxyl groups excluding tert-OH is 2. The van der Waals surface area contributed by atoms with Crippen molar-refractivity contribution in [1.29, 1.82) is 0 Å². The third kappa shape index (κ3) is 4.88. The van der Waals surface area contributed by atoms with Gasteiger partial charge in [0.25, 0.3) is 0 Å². The molecule has 7 nitrogen and oxygen atoms in total. The smallest absolute Gasteiger partial charge is 0.242 e. The maximum atomic E-state index is 13.2. The average molecular weight is 415 g/mol. The number of aliphatic hydroxyl groups is 2. The Kier molecular flexibility index (Phi) is 6.90. The molecule has 1 fully saturated rings. The lowest BCUT2D eigenvalue weighted by Crippen LogP contribution is -2.54. The summed E-state index contributed by atoms with van der Waals surface area (Å²) in [5, 5.41) is 21.7. The Hall–Kier alpha value is -2.29. The van der Waals surface area contributed by atoms with Gasteiger partial charge in [0.05, 0.1) is 12.6 Å². The Morgan fingerprint density at radius 2 is 1.60 bits per heavy atom. The molecule has 3 rings (SSSR count). The molecule has 5 atom stereocenters. The number of nitrogens with two attached hydrogens (primary N) is 1. The molecular weight excluding hydrogens is 384 g/mol. The largest absolute Gasteiger partial charge is 0.388 e. The molecule has 1 aliphatic heterocycles. The second-order valence-corrected chi connectivity index (χ2v) is 8.04. The highest BCUT2D eigenvalue weighted by Crippen LogP contribution is 2.34. The highest BCUT2D eigenvalue weighted by atomic mass is 16.7. The number of nitrogens with zero attached hydrogens (tertiary/aromatic N) is 1. The van der Waals surface area contributed by atoms with E-state index >= 15 is 0 Å². The van der Waals surface area contributed by atoms with Gasteiger partial charge in [0, 0.05) is 7.05 Å². The van der Waals surface area contributed by atoms with E-state index < -0.39 is 42.1 Å². The first-order valence-corrected chi connectivity index (χ1v) is 10.0. The fourth-order valence-electron chi connectivity index (χ4n) is 3.73. The third-order valence-corrected chi connectivity index (χ3v) is 5.41. The number of likely N-dealkylation sites (N-methyl/N-ethyl adjacent to an activating group) is 1. The number of rotatable bonds is 7. The van der Waals surface area contributed by atoms with Crippen LogP contribution >= 0.6 is 0 Å². The van der Waals surface area contributed by atoms with Gasteiger partial charge < -0.3 is 30.3 Å². The molecule has 5 unspecified atom stereocenters. The average Bonchev–Trinajstić information content (AvgIpc) is 3.13. The van der Waals surface area contributed by atoms with Crippen molar-refractivity contribution in [2.24, 2.45) is 5.73 Å². The molecule has 0 radical (unpaired) electrons. The van der Waals surface area contributed by atoms with Crippen LogP contribution in [0, 0.1) is 0 Å². The minimum absolute atomic E-state index is 0.146. The van der Waals surface area contributed by atoms with Crippen LogP contribution in [-0.2, 0) is 14.3 Å². The molecule has 0 aliphatic carbocycles. The van der Waals surface area contributed by atoms with Crippen LogP contribution in [0.2, 0.25) is 0 Å². The quantitative estimate of drug-likeness (QED) is 0.638. The first kappa shape index (κ1) is 22.4. The number of amides is 1. The summed E-state index contributed by atoms with van der Waals surface area (Å²) in [4.78, 5) is 14.6. The standard InChI is InChI=1S/C23H30N2O5/c1-23(2)29-14-17(30-23)21(27)18(24)22(28)25(3)19(15-10-6-4-7-11-15)20(26)16-12-8-5-9-13-16/h4-13,17-21,26-27H,14,24H2,1-3H3. The first-order valence-electron chi connectivity index (χ1n) is 10.0. The SMILES string of the molecule is CN(C(=O)C(N)C(O)C1COC(C)(C)O1)C(c1ccccc1)C(O)c1ccccc1. The van der Waals surface area contributed by atoms with E-state index in [0.717, 1.165) is 5.56 Å². The molecule has 1 aliphatic rings. The van der Waals surface area contributed by atoms with Gasteiger partial charge in [-0.3, -0.25) is 4.79 Å². The lowest BCUT2D eigenvalue weighted by molar-refractivity contribution is -0.158. The summed E-state index contributed by atoms with van der Waals surface area (Å²) < 4.78 is 11.1. The Labute approximate surface area is 177 Å². The molecule has 30 heavy (non-hydrogen) atoms. The summed E-state index contributed by atoms with van der Waals surface area (Å²) in [7, 11) is 1.58. The highest BCUT2D eigenvalue weighted by Gasteiger charge is 2.42. The van der Waals surface area contributed by atoms with Crippen LogP contribution in [0.25, 0.3) is 0 Å². The number of hydrogen-bond acceptors (Lipinski definition) is 6. The maximum Gasteiger partial charge on any atom is 0.242 e. The molecule has 2 aromatic rings. The molecule has 0 bridgehead atoms. The summed E-state index contributed by atoms with van der Waals surface area (Å²) >= 11 is 0. The van der Waals surface area contributed by atoms with Gasteiger partial charge in [0.15, 0.2) is 5.79 Å². The number of carbonyl (C=O) groups is 1. The van der Waals surface area contributed by atoms with Crippen LogP contribution in [-0.4, -0.2) is 58.7 Å². The molecule has 162 valence electrons. The minimum Gasteiger partial charge on any atom is -0.388 e. The Morgan fingerprint density at radius 1 is 1.07 bits per heavy atom. The van der Waals surface area contributed by atoms with E-state index in [1.807, 2.05) is 48.5 Å². The fraction of sp³-hybridized carbons (Fsp3) is 0.435. The molecule has 0 saturated carbocycles. The first-order chi connectivity index (χ1) is 14.2. The van der Waals surface area contributed by atoms with Gasteiger partial charge in [-0.25, -0.2) is 0 Å². The minimum atomic E-state index is -1.24. The molecule has 0 aromatic heterocycles. The van der Waals surface area contributed by atoms with Crippen molar-refractivity contribution in [2.75, 3.05) is 13.7 Å². The number of benzene rings is 2. The zero-order valence-electron chi connectivity index (χ0n) is 17.5. The van der Waals surface area contributed by atoms with Crippen LogP contribution in [0.5, 0.6) is 0 Å². The monoisotopic (exact) mass is 414 g/mol. The van der Waals surface area contributed by atoms with Gasteiger partial charge in [-0.05, 0) is 25.0 Å². The summed E-state index contributed by atoms with van der Waals surface area (Å²) in [5.74, 6) is -1.34. The van der Waals surface area contributed by atoms with Crippen molar-refractivity contribution in [2.45, 2.75) is 50.0 Å². The van der Waals surface area contributed by atoms with Crippen LogP contribution in [0.15, 0.2) is 60.7 Å². The normalized spacial score (nSPS) is 22.1. The molecule has 4 N–H and O–H groups in total. The second kappa shape index (κ2) is 9.24. The van der Waals surface area contributed by atoms with Gasteiger partial charge >= 0.3 is 0 Å². The fourth-order valence-corrected chi connectivity index (χ4v) is 3.73. The van der Waals surface area contributed by atoms with E-state index in [0.29, 0.717) is 5.56 Å². The lowest BCUT2D eigenvalue weighted by atomic mass is 9.93. The molecule has 1 saturated heterocycles. The lowest BCUT2D eigenvalue weighted by Gasteiger charge is -2.35. The molecule has 1 amide bonds. The zero-order valence-corrected chi connectivity index (χ0v) is 17.5. The number of hydrogen-bond donors (Lipinski definition) is 3. The van der Waals surface area contributed by atoms with Gasteiger partial charge in [-0.15, -0.1) is 0 Å². The maximum absolute atomic E-state index is 13.2. The Morgan fingerprint density at radius 3 is 2.10 bits per heavy atom. The molecule has 7 heteroatoms. The van der Waals surface area contributed by atoms with Gasteiger partial charge in [-0.2, -0.15) is 0 Å². The summed E-state index contributed by atoms with van der Waals surface area (Å²) in [5.41, 5.74) is 7.56. The van der Waals surface area contributed by atoms with E-state index in [2.05, 4.69) is 0 Å². The predicted molar refractivity (Wildman–Crippen MR) is 112 cm³/mol. The van der Waals surface area contributed by atoms with Crippen LogP contribution in [0.4, 0.5) is 0 Å². The van der Waals surface area contributed by atoms with Crippen LogP contribution in [0.3, 0.4) is 0 Å². The van der Waals surface area contributed by atoms with Crippen LogP contribution in [0.1, 0.15) is 37.1 Å². The van der Waals surface area contributed by atoms with E-state index in [1.165, 1.54) is 4.90 Å². The molecular formula is C23H30N2O5. The van der Waals surface area contributed by atoms with Crippen molar-refractivity contribution < 1.29 is 24.5 Å². The van der Waals surface area contributed by atoms with Crippen molar-refractivity contribution in [1.82, 2.24) is 4.90 Å². The van der Waals surface area contributed by atoms with Crippen molar-refractivity contribution in [3.63, 3.8) is 0 Å². The summed E-state index contributed by atoms with van der Waals surface area (Å²) in [6.07, 6.45) is -2.93. The van der Waals surface area contributed by atoms with E-state index in [4.69, 9.17) is 15.2 Å². The third-order valence-electron chi connectivity index (χ3n) is 5.41. The molecule has 2 aromatic carbocycles. The summed E-state index contributed by atoms with van der Waals surface area (Å²) in [6, 6.07) is 16.5. The number of ether oxygens (including phenoxy) is 2. The zero-order chi connectivity index (χ0) is 21.9. The van der Waals surface area contributed by atoms with E-state index in [1.54, 1.807) is 33.0 Å². The molecule has 1 heterocycles. The van der Waals surface area contributed by atoms with Crippen molar-refractivity contribution >= 4 is 5.91 Å². The van der Waals surface area contributed by atoms with Gasteiger partial charge in [0.2, 0.25) is 5.91 Å². The molecule has 0 spiro atoms. The van der Waals surface area contributed by atoms with Gasteiger partial charge in [0.1, 0.15) is 24.4 Å². The Balaban J connectivity index is 1.83.